The van der Waals surface area contributed by atoms with Crippen LogP contribution in [0.4, 0.5) is 5.69 Å². The summed E-state index contributed by atoms with van der Waals surface area (Å²) in [5.74, 6) is -1.01. The fraction of sp³-hybridized carbons (Fsp3) is 0.0870. The first-order valence-electron chi connectivity index (χ1n) is 9.41. The monoisotopic (exact) mass is 453 g/mol. The number of ether oxygens (including phenoxy) is 1. The molecule has 9 heteroatoms. The summed E-state index contributed by atoms with van der Waals surface area (Å²) in [5.41, 5.74) is 3.72. The zero-order valence-electron chi connectivity index (χ0n) is 17.2. The Hall–Kier alpha value is -4.04. The van der Waals surface area contributed by atoms with E-state index in [1.165, 1.54) is 37.4 Å². The van der Waals surface area contributed by atoms with E-state index in [9.17, 15) is 19.8 Å². The van der Waals surface area contributed by atoms with Crippen molar-refractivity contribution in [3.8, 4) is 17.2 Å². The minimum absolute atomic E-state index is 0.0934. The summed E-state index contributed by atoms with van der Waals surface area (Å²) < 4.78 is 5.21. The van der Waals surface area contributed by atoms with Gasteiger partial charge in [-0.2, -0.15) is 5.10 Å². The molecule has 0 bridgehead atoms. The van der Waals surface area contributed by atoms with Crippen LogP contribution < -0.4 is 15.5 Å². The zero-order chi connectivity index (χ0) is 23.3. The van der Waals surface area contributed by atoms with Crippen LogP contribution in [-0.4, -0.2) is 34.8 Å². The van der Waals surface area contributed by atoms with Gasteiger partial charge in [-0.3, -0.25) is 9.59 Å². The van der Waals surface area contributed by atoms with Gasteiger partial charge in [-0.05, 0) is 49.4 Å². The van der Waals surface area contributed by atoms with E-state index in [-0.39, 0.29) is 28.3 Å². The maximum Gasteiger partial charge on any atom is 0.273 e. The first-order chi connectivity index (χ1) is 15.3. The highest BCUT2D eigenvalue weighted by Gasteiger charge is 2.17. The van der Waals surface area contributed by atoms with Crippen LogP contribution in [0.25, 0.3) is 0 Å². The summed E-state index contributed by atoms with van der Waals surface area (Å²) in [6.07, 6.45) is 0. The molecule has 0 spiro atoms. The Kier molecular flexibility index (Phi) is 6.97. The molecule has 0 aliphatic carbocycles. The van der Waals surface area contributed by atoms with Crippen LogP contribution in [-0.2, 0) is 0 Å². The predicted octanol–water partition coefficient (Wildman–Crippen LogP) is 4.17. The quantitative estimate of drug-likeness (QED) is 0.330. The summed E-state index contributed by atoms with van der Waals surface area (Å²) in [7, 11) is 1.44. The van der Waals surface area contributed by atoms with Gasteiger partial charge in [-0.1, -0.05) is 23.7 Å². The van der Waals surface area contributed by atoms with E-state index in [0.29, 0.717) is 22.0 Å². The molecule has 0 aliphatic rings. The Labute approximate surface area is 189 Å². The number of hydrazone groups is 1. The van der Waals surface area contributed by atoms with Crippen LogP contribution in [0.2, 0.25) is 5.02 Å². The van der Waals surface area contributed by atoms with Crippen molar-refractivity contribution >= 4 is 34.8 Å². The molecule has 3 aromatic carbocycles. The Morgan fingerprint density at radius 3 is 2.41 bits per heavy atom. The number of nitrogens with one attached hydrogen (secondary N) is 2. The molecule has 0 saturated carbocycles. The highest BCUT2D eigenvalue weighted by molar-refractivity contribution is 6.31. The van der Waals surface area contributed by atoms with E-state index in [1.807, 2.05) is 0 Å². The molecule has 32 heavy (non-hydrogen) atoms. The standard InChI is InChI=1S/C23H20ClN3O5/c1-13(16-9-8-15(28)12-20(16)29)26-27-23(31)17-5-3-4-6-19(17)25-22(30)18-11-14(24)7-10-21(18)32-2/h3-12,28-29H,1-2H3,(H,25,30)(H,27,31)/b26-13-. The van der Waals surface area contributed by atoms with E-state index in [1.54, 1.807) is 37.3 Å². The zero-order valence-corrected chi connectivity index (χ0v) is 18.0. The Bertz CT molecular complexity index is 1210. The van der Waals surface area contributed by atoms with Gasteiger partial charge in [0.25, 0.3) is 11.8 Å². The SMILES string of the molecule is COc1ccc(Cl)cc1C(=O)Nc1ccccc1C(=O)N/N=C(/C)c1ccc(O)cc1O. The number of rotatable bonds is 6. The molecule has 0 heterocycles. The van der Waals surface area contributed by atoms with Gasteiger partial charge in [0, 0.05) is 16.7 Å². The van der Waals surface area contributed by atoms with Crippen molar-refractivity contribution in [2.24, 2.45) is 5.10 Å². The Balaban J connectivity index is 1.81. The maximum atomic E-state index is 12.8. The van der Waals surface area contributed by atoms with Crippen LogP contribution in [0, 0.1) is 0 Å². The molecule has 8 nitrogen and oxygen atoms in total. The molecule has 3 aromatic rings. The molecular weight excluding hydrogens is 434 g/mol. The number of benzene rings is 3. The Morgan fingerprint density at radius 1 is 0.938 bits per heavy atom. The van der Waals surface area contributed by atoms with Gasteiger partial charge in [0.05, 0.1) is 29.6 Å². The highest BCUT2D eigenvalue weighted by atomic mass is 35.5. The molecule has 0 saturated heterocycles. The number of hydrogen-bond donors (Lipinski definition) is 4. The van der Waals surface area contributed by atoms with Crippen LogP contribution in [0.1, 0.15) is 33.2 Å². The van der Waals surface area contributed by atoms with Crippen molar-refractivity contribution in [1.82, 2.24) is 5.43 Å². The summed E-state index contributed by atoms with van der Waals surface area (Å²) >= 11 is 6.00. The summed E-state index contributed by atoms with van der Waals surface area (Å²) in [4.78, 5) is 25.5. The van der Waals surface area contributed by atoms with Gasteiger partial charge in [0.2, 0.25) is 0 Å². The summed E-state index contributed by atoms with van der Waals surface area (Å²) in [6.45, 7) is 1.59. The third kappa shape index (κ3) is 5.16. The summed E-state index contributed by atoms with van der Waals surface area (Å²) in [6, 6.07) is 15.1. The highest BCUT2D eigenvalue weighted by Crippen LogP contribution is 2.25. The molecular formula is C23H20ClN3O5. The van der Waals surface area contributed by atoms with Crippen molar-refractivity contribution in [3.05, 3.63) is 82.4 Å². The number of phenolic OH excluding ortho intramolecular Hbond substituents is 2. The maximum absolute atomic E-state index is 12.8. The van der Waals surface area contributed by atoms with Crippen molar-refractivity contribution in [2.45, 2.75) is 6.92 Å². The van der Waals surface area contributed by atoms with Crippen molar-refractivity contribution < 1.29 is 24.5 Å². The third-order valence-electron chi connectivity index (χ3n) is 4.52. The largest absolute Gasteiger partial charge is 0.508 e. The average molecular weight is 454 g/mol. The van der Waals surface area contributed by atoms with Crippen LogP contribution in [0.3, 0.4) is 0 Å². The predicted molar refractivity (Wildman–Crippen MR) is 122 cm³/mol. The number of carbonyl (C=O) groups excluding carboxylic acids is 2. The smallest absolute Gasteiger partial charge is 0.273 e. The first-order valence-corrected chi connectivity index (χ1v) is 9.79. The van der Waals surface area contributed by atoms with E-state index >= 15 is 0 Å². The number of methoxy groups -OCH3 is 1. The fourth-order valence-electron chi connectivity index (χ4n) is 2.92. The lowest BCUT2D eigenvalue weighted by atomic mass is 10.1. The molecule has 0 atom stereocenters. The molecule has 164 valence electrons. The number of amides is 2. The van der Waals surface area contributed by atoms with E-state index in [2.05, 4.69) is 15.8 Å². The van der Waals surface area contributed by atoms with Crippen LogP contribution in [0.5, 0.6) is 17.2 Å². The second-order valence-corrected chi connectivity index (χ2v) is 7.12. The second-order valence-electron chi connectivity index (χ2n) is 6.68. The van der Waals surface area contributed by atoms with Crippen LogP contribution >= 0.6 is 11.6 Å². The number of para-hydroxylation sites is 1. The molecule has 0 aromatic heterocycles. The fourth-order valence-corrected chi connectivity index (χ4v) is 3.09. The lowest BCUT2D eigenvalue weighted by Crippen LogP contribution is -2.22. The van der Waals surface area contributed by atoms with E-state index < -0.39 is 11.8 Å². The van der Waals surface area contributed by atoms with Crippen molar-refractivity contribution in [2.75, 3.05) is 12.4 Å². The average Bonchev–Trinajstić information content (AvgIpc) is 2.77. The van der Waals surface area contributed by atoms with Gasteiger partial charge in [0.1, 0.15) is 17.2 Å². The topological polar surface area (TPSA) is 120 Å². The van der Waals surface area contributed by atoms with Crippen LogP contribution in [0.15, 0.2) is 65.8 Å². The number of phenols is 2. The van der Waals surface area contributed by atoms with Crippen molar-refractivity contribution in [3.63, 3.8) is 0 Å². The lowest BCUT2D eigenvalue weighted by molar-refractivity contribution is 0.0955. The molecule has 0 aliphatic heterocycles. The third-order valence-corrected chi connectivity index (χ3v) is 4.76. The second kappa shape index (κ2) is 9.84. The number of aromatic hydroxyl groups is 2. The molecule has 2 amide bonds. The van der Waals surface area contributed by atoms with Gasteiger partial charge >= 0.3 is 0 Å². The minimum atomic E-state index is -0.573. The number of halogens is 1. The van der Waals surface area contributed by atoms with Gasteiger partial charge in [-0.15, -0.1) is 0 Å². The van der Waals surface area contributed by atoms with Gasteiger partial charge < -0.3 is 20.3 Å². The number of nitrogens with zero attached hydrogens (tertiary/aromatic N) is 1. The Morgan fingerprint density at radius 2 is 1.69 bits per heavy atom. The lowest BCUT2D eigenvalue weighted by Gasteiger charge is -2.12. The molecule has 0 fully saturated rings. The minimum Gasteiger partial charge on any atom is -0.508 e. The van der Waals surface area contributed by atoms with Gasteiger partial charge in [-0.25, -0.2) is 5.43 Å². The first kappa shape index (κ1) is 22.6. The number of anilines is 1. The molecule has 0 radical (unpaired) electrons. The van der Waals surface area contributed by atoms with Crippen molar-refractivity contribution in [1.29, 1.82) is 0 Å². The molecule has 3 rings (SSSR count). The van der Waals surface area contributed by atoms with E-state index in [4.69, 9.17) is 16.3 Å². The van der Waals surface area contributed by atoms with Gasteiger partial charge in [0.15, 0.2) is 0 Å². The van der Waals surface area contributed by atoms with E-state index in [0.717, 1.165) is 0 Å². The number of carbonyl (C=O) groups is 2. The molecule has 4 N–H and O–H groups in total. The molecule has 0 unspecified atom stereocenters. The number of hydrogen-bond acceptors (Lipinski definition) is 6. The summed E-state index contributed by atoms with van der Waals surface area (Å²) in [5, 5.41) is 26.4. The normalized spacial score (nSPS) is 11.0.